The quantitative estimate of drug-likeness (QED) is 0.735. The van der Waals surface area contributed by atoms with Crippen LogP contribution in [0.3, 0.4) is 0 Å². The van der Waals surface area contributed by atoms with Crippen LogP contribution in [0.25, 0.3) is 0 Å². The Balaban J connectivity index is 2.53. The zero-order valence-electron chi connectivity index (χ0n) is 9.96. The Morgan fingerprint density at radius 3 is 2.60 bits per heavy atom. The van der Waals surface area contributed by atoms with Crippen LogP contribution >= 0.6 is 0 Å². The molecule has 2 amide bonds. The number of hydrogen-bond donors (Lipinski definition) is 1. The summed E-state index contributed by atoms with van der Waals surface area (Å²) < 4.78 is 0. The third-order valence-electron chi connectivity index (χ3n) is 2.34. The molecule has 0 unspecified atom stereocenters. The second kappa shape index (κ2) is 4.21. The van der Waals surface area contributed by atoms with Gasteiger partial charge in [0.15, 0.2) is 0 Å². The second-order valence-corrected chi connectivity index (χ2v) is 5.36. The third kappa shape index (κ3) is 3.53. The Hall–Kier alpha value is -1.06. The molecule has 86 valence electrons. The molecule has 1 aliphatic rings. The smallest absolute Gasteiger partial charge is 0.245 e. The van der Waals surface area contributed by atoms with Crippen LogP contribution in [0.15, 0.2) is 0 Å². The SMILES string of the molecule is CC(=O)N[C@H]1CCN(CC(C)(C)C)C1=O. The van der Waals surface area contributed by atoms with Crippen molar-refractivity contribution in [2.45, 2.75) is 40.2 Å². The van der Waals surface area contributed by atoms with Gasteiger partial charge in [-0.05, 0) is 11.8 Å². The van der Waals surface area contributed by atoms with Crippen molar-refractivity contribution >= 4 is 11.8 Å². The van der Waals surface area contributed by atoms with Gasteiger partial charge < -0.3 is 10.2 Å². The molecule has 0 aromatic heterocycles. The monoisotopic (exact) mass is 212 g/mol. The minimum absolute atomic E-state index is 0.0557. The number of carbonyl (C=O) groups is 2. The molecular weight excluding hydrogens is 192 g/mol. The molecule has 1 N–H and O–H groups in total. The average Bonchev–Trinajstić information content (AvgIpc) is 2.32. The minimum atomic E-state index is -0.301. The molecule has 0 radical (unpaired) electrons. The summed E-state index contributed by atoms with van der Waals surface area (Å²) in [7, 11) is 0. The lowest BCUT2D eigenvalue weighted by atomic mass is 9.96. The van der Waals surface area contributed by atoms with E-state index < -0.39 is 0 Å². The van der Waals surface area contributed by atoms with Crippen molar-refractivity contribution in [2.24, 2.45) is 5.41 Å². The van der Waals surface area contributed by atoms with Gasteiger partial charge in [0.1, 0.15) is 6.04 Å². The molecule has 1 heterocycles. The van der Waals surface area contributed by atoms with Crippen molar-refractivity contribution in [1.29, 1.82) is 0 Å². The van der Waals surface area contributed by atoms with Gasteiger partial charge in [0.25, 0.3) is 0 Å². The third-order valence-corrected chi connectivity index (χ3v) is 2.34. The molecule has 0 bridgehead atoms. The van der Waals surface area contributed by atoms with Crippen LogP contribution < -0.4 is 5.32 Å². The Morgan fingerprint density at radius 2 is 2.13 bits per heavy atom. The molecule has 1 aliphatic heterocycles. The van der Waals surface area contributed by atoms with Gasteiger partial charge in [-0.1, -0.05) is 20.8 Å². The van der Waals surface area contributed by atoms with Crippen molar-refractivity contribution in [1.82, 2.24) is 10.2 Å². The van der Waals surface area contributed by atoms with E-state index in [2.05, 4.69) is 26.1 Å². The molecule has 0 spiro atoms. The summed E-state index contributed by atoms with van der Waals surface area (Å²) in [6, 6.07) is -0.301. The zero-order chi connectivity index (χ0) is 11.6. The number of likely N-dealkylation sites (tertiary alicyclic amines) is 1. The number of rotatable bonds is 2. The van der Waals surface area contributed by atoms with E-state index in [1.54, 1.807) is 0 Å². The van der Waals surface area contributed by atoms with Gasteiger partial charge in [-0.2, -0.15) is 0 Å². The van der Waals surface area contributed by atoms with Crippen LogP contribution in [-0.2, 0) is 9.59 Å². The van der Waals surface area contributed by atoms with Gasteiger partial charge in [-0.15, -0.1) is 0 Å². The standard InChI is InChI=1S/C11H20N2O2/c1-8(14)12-9-5-6-13(10(9)15)7-11(2,3)4/h9H,5-7H2,1-4H3,(H,12,14)/t9-/m0/s1. The van der Waals surface area contributed by atoms with E-state index >= 15 is 0 Å². The van der Waals surface area contributed by atoms with E-state index in [0.717, 1.165) is 19.5 Å². The maximum Gasteiger partial charge on any atom is 0.245 e. The molecule has 15 heavy (non-hydrogen) atoms. The predicted octanol–water partition coefficient (Wildman–Crippen LogP) is 0.769. The molecule has 1 rings (SSSR count). The summed E-state index contributed by atoms with van der Waals surface area (Å²) in [4.78, 5) is 24.5. The van der Waals surface area contributed by atoms with Gasteiger partial charge in [-0.3, -0.25) is 9.59 Å². The van der Waals surface area contributed by atoms with E-state index in [4.69, 9.17) is 0 Å². The Bertz CT molecular complexity index is 268. The van der Waals surface area contributed by atoms with E-state index in [0.29, 0.717) is 0 Å². The van der Waals surface area contributed by atoms with Crippen molar-refractivity contribution in [3.63, 3.8) is 0 Å². The van der Waals surface area contributed by atoms with Crippen LogP contribution in [-0.4, -0.2) is 35.8 Å². The first-order valence-corrected chi connectivity index (χ1v) is 5.35. The van der Waals surface area contributed by atoms with Crippen molar-refractivity contribution in [3.05, 3.63) is 0 Å². The first kappa shape index (κ1) is 12.0. The highest BCUT2D eigenvalue weighted by Crippen LogP contribution is 2.20. The highest BCUT2D eigenvalue weighted by Gasteiger charge is 2.33. The highest BCUT2D eigenvalue weighted by molar-refractivity contribution is 5.88. The Labute approximate surface area is 91.0 Å². The first-order chi connectivity index (χ1) is 6.79. The number of nitrogens with zero attached hydrogens (tertiary/aromatic N) is 1. The van der Waals surface area contributed by atoms with E-state index in [-0.39, 0.29) is 23.3 Å². The lowest BCUT2D eigenvalue weighted by Gasteiger charge is -2.26. The molecule has 0 aromatic rings. The lowest BCUT2D eigenvalue weighted by Crippen LogP contribution is -2.42. The molecule has 0 aromatic carbocycles. The van der Waals surface area contributed by atoms with E-state index in [1.807, 2.05) is 4.90 Å². The van der Waals surface area contributed by atoms with Crippen molar-refractivity contribution in [2.75, 3.05) is 13.1 Å². The van der Waals surface area contributed by atoms with E-state index in [9.17, 15) is 9.59 Å². The first-order valence-electron chi connectivity index (χ1n) is 5.35. The van der Waals surface area contributed by atoms with Crippen LogP contribution in [0.2, 0.25) is 0 Å². The van der Waals surface area contributed by atoms with Crippen LogP contribution in [0, 0.1) is 5.41 Å². The van der Waals surface area contributed by atoms with Gasteiger partial charge in [0, 0.05) is 20.0 Å². The maximum absolute atomic E-state index is 11.8. The topological polar surface area (TPSA) is 49.4 Å². The normalized spacial score (nSPS) is 22.0. The minimum Gasteiger partial charge on any atom is -0.344 e. The summed E-state index contributed by atoms with van der Waals surface area (Å²) >= 11 is 0. The molecule has 4 heteroatoms. The maximum atomic E-state index is 11.8. The molecule has 1 fully saturated rings. The van der Waals surface area contributed by atoms with Crippen molar-refractivity contribution < 1.29 is 9.59 Å². The fourth-order valence-electron chi connectivity index (χ4n) is 1.85. The zero-order valence-corrected chi connectivity index (χ0v) is 9.96. The fraction of sp³-hybridized carbons (Fsp3) is 0.818. The summed E-state index contributed by atoms with van der Waals surface area (Å²) in [6.45, 7) is 9.26. The summed E-state index contributed by atoms with van der Waals surface area (Å²) in [5, 5.41) is 2.68. The predicted molar refractivity (Wildman–Crippen MR) is 58.3 cm³/mol. The number of carbonyl (C=O) groups excluding carboxylic acids is 2. The average molecular weight is 212 g/mol. The van der Waals surface area contributed by atoms with Gasteiger partial charge in [-0.25, -0.2) is 0 Å². The number of amides is 2. The summed E-state index contributed by atoms with van der Waals surface area (Å²) in [5.74, 6) is -0.0777. The van der Waals surface area contributed by atoms with Crippen LogP contribution in [0.4, 0.5) is 0 Å². The Kier molecular flexibility index (Phi) is 3.37. The summed E-state index contributed by atoms with van der Waals surface area (Å²) in [6.07, 6.45) is 0.731. The van der Waals surface area contributed by atoms with Gasteiger partial charge >= 0.3 is 0 Å². The molecular formula is C11H20N2O2. The van der Waals surface area contributed by atoms with E-state index in [1.165, 1.54) is 6.92 Å². The number of hydrogen-bond acceptors (Lipinski definition) is 2. The molecule has 0 saturated carbocycles. The van der Waals surface area contributed by atoms with Gasteiger partial charge in [0.2, 0.25) is 11.8 Å². The molecule has 1 atom stereocenters. The number of nitrogens with one attached hydrogen (secondary N) is 1. The molecule has 0 aliphatic carbocycles. The van der Waals surface area contributed by atoms with Gasteiger partial charge in [0.05, 0.1) is 0 Å². The fourth-order valence-corrected chi connectivity index (χ4v) is 1.85. The Morgan fingerprint density at radius 1 is 1.53 bits per heavy atom. The second-order valence-electron chi connectivity index (χ2n) is 5.36. The molecule has 1 saturated heterocycles. The summed E-state index contributed by atoms with van der Waals surface area (Å²) in [5.41, 5.74) is 0.112. The van der Waals surface area contributed by atoms with Crippen LogP contribution in [0.5, 0.6) is 0 Å². The molecule has 4 nitrogen and oxygen atoms in total. The lowest BCUT2D eigenvalue weighted by molar-refractivity contribution is -0.133. The van der Waals surface area contributed by atoms with Crippen molar-refractivity contribution in [3.8, 4) is 0 Å². The highest BCUT2D eigenvalue weighted by atomic mass is 16.2. The van der Waals surface area contributed by atoms with Crippen LogP contribution in [0.1, 0.15) is 34.1 Å². The largest absolute Gasteiger partial charge is 0.344 e.